The Morgan fingerprint density at radius 3 is 1.53 bits per heavy atom. The largest absolute Gasteiger partial charge is 0.463 e. The van der Waals surface area contributed by atoms with Gasteiger partial charge in [-0.2, -0.15) is 0 Å². The SMILES string of the molecule is CC(=O)OC[C@H]1O[C@@H](O[C@H]2[C@H](OC(C)=O)[C@@H](N=[N+]=[N-])[C@@H](C(N)=O)O[C@@H]2COC(C)=O)[C@H](OC(C)=O)[C@@H](OC(C)=O)[C@H]1OC(C)=O. The fourth-order valence-corrected chi connectivity index (χ4v) is 4.63. The fourth-order valence-electron chi connectivity index (χ4n) is 4.63. The molecule has 2 N–H and O–H groups in total. The first kappa shape index (κ1) is 36.7. The number of nitrogens with two attached hydrogens (primary N) is 1. The van der Waals surface area contributed by atoms with Crippen LogP contribution in [0.15, 0.2) is 5.11 Å². The van der Waals surface area contributed by atoms with Crippen molar-refractivity contribution in [3.05, 3.63) is 10.4 Å². The van der Waals surface area contributed by atoms with Crippen LogP contribution in [0, 0.1) is 0 Å². The topological polar surface area (TPSA) is 277 Å². The number of carbonyl (C=O) groups is 7. The minimum Gasteiger partial charge on any atom is -0.463 e. The van der Waals surface area contributed by atoms with E-state index in [4.69, 9.17) is 48.4 Å². The molecule has 2 rings (SSSR count). The Morgan fingerprint density at radius 1 is 0.644 bits per heavy atom. The van der Waals surface area contributed by atoms with E-state index < -0.39 is 116 Å². The van der Waals surface area contributed by atoms with E-state index in [9.17, 15) is 39.1 Å². The predicted molar refractivity (Wildman–Crippen MR) is 140 cm³/mol. The van der Waals surface area contributed by atoms with Gasteiger partial charge in [-0.25, -0.2) is 0 Å². The second-order valence-corrected chi connectivity index (χ2v) is 9.74. The number of primary amides is 1. The molecule has 20 heteroatoms. The average molecular weight is 647 g/mol. The van der Waals surface area contributed by atoms with Crippen LogP contribution < -0.4 is 5.73 Å². The van der Waals surface area contributed by atoms with E-state index in [1.807, 2.05) is 0 Å². The zero-order chi connectivity index (χ0) is 34.0. The van der Waals surface area contributed by atoms with Crippen LogP contribution in [-0.4, -0.2) is 116 Å². The van der Waals surface area contributed by atoms with Crippen LogP contribution in [0.5, 0.6) is 0 Å². The highest BCUT2D eigenvalue weighted by atomic mass is 16.8. The van der Waals surface area contributed by atoms with E-state index >= 15 is 0 Å². The monoisotopic (exact) mass is 646 g/mol. The number of hydrogen-bond acceptors (Lipinski definition) is 17. The lowest BCUT2D eigenvalue weighted by molar-refractivity contribution is -0.337. The van der Waals surface area contributed by atoms with Crippen LogP contribution in [-0.2, 0) is 76.2 Å². The van der Waals surface area contributed by atoms with Gasteiger partial charge in [0.2, 0.25) is 5.91 Å². The second-order valence-electron chi connectivity index (χ2n) is 9.74. The molecule has 0 aromatic heterocycles. The van der Waals surface area contributed by atoms with E-state index in [2.05, 4.69) is 10.0 Å². The third kappa shape index (κ3) is 10.6. The van der Waals surface area contributed by atoms with Gasteiger partial charge in [0.1, 0.15) is 49.8 Å². The lowest BCUT2D eigenvalue weighted by atomic mass is 9.92. The van der Waals surface area contributed by atoms with Gasteiger partial charge >= 0.3 is 35.8 Å². The molecule has 1 amide bonds. The van der Waals surface area contributed by atoms with Crippen LogP contribution in [0.1, 0.15) is 41.5 Å². The maximum absolute atomic E-state index is 12.3. The molecule has 2 heterocycles. The molecule has 20 nitrogen and oxygen atoms in total. The lowest BCUT2D eigenvalue weighted by Crippen LogP contribution is -2.67. The lowest BCUT2D eigenvalue weighted by Gasteiger charge is -2.48. The molecular formula is C25H34N4O16. The van der Waals surface area contributed by atoms with Gasteiger partial charge in [-0.05, 0) is 5.53 Å². The van der Waals surface area contributed by atoms with Crippen molar-refractivity contribution in [1.29, 1.82) is 0 Å². The quantitative estimate of drug-likeness (QED) is 0.0864. The summed E-state index contributed by atoms with van der Waals surface area (Å²) >= 11 is 0. The highest BCUT2D eigenvalue weighted by Gasteiger charge is 2.57. The van der Waals surface area contributed by atoms with Gasteiger partial charge in [-0.1, -0.05) is 5.11 Å². The van der Waals surface area contributed by atoms with E-state index in [1.54, 1.807) is 0 Å². The first-order chi connectivity index (χ1) is 21.0. The molecule has 10 atom stereocenters. The number of ether oxygens (including phenoxy) is 9. The van der Waals surface area contributed by atoms with Crippen LogP contribution in [0.2, 0.25) is 0 Å². The fraction of sp³-hybridized carbons (Fsp3) is 0.720. The van der Waals surface area contributed by atoms with Gasteiger partial charge in [0.15, 0.2) is 24.6 Å². The van der Waals surface area contributed by atoms with Crippen LogP contribution in [0.3, 0.4) is 0 Å². The molecule has 0 unspecified atom stereocenters. The third-order valence-electron chi connectivity index (χ3n) is 6.12. The Balaban J connectivity index is 2.72. The van der Waals surface area contributed by atoms with Crippen LogP contribution >= 0.6 is 0 Å². The van der Waals surface area contributed by atoms with Crippen molar-refractivity contribution >= 4 is 41.7 Å². The molecule has 2 fully saturated rings. The number of hydrogen-bond donors (Lipinski definition) is 1. The summed E-state index contributed by atoms with van der Waals surface area (Å²) in [6, 6.07) is -1.64. The molecule has 0 spiro atoms. The van der Waals surface area contributed by atoms with Gasteiger partial charge in [0.05, 0.1) is 0 Å². The van der Waals surface area contributed by atoms with Crippen molar-refractivity contribution in [2.75, 3.05) is 13.2 Å². The van der Waals surface area contributed by atoms with Crippen molar-refractivity contribution in [3.8, 4) is 0 Å². The Hall–Kier alpha value is -4.52. The first-order valence-electron chi connectivity index (χ1n) is 13.3. The highest BCUT2D eigenvalue weighted by molar-refractivity contribution is 5.80. The Bertz CT molecular complexity index is 1210. The van der Waals surface area contributed by atoms with E-state index in [0.717, 1.165) is 41.5 Å². The summed E-state index contributed by atoms with van der Waals surface area (Å²) in [5.41, 5.74) is 14.7. The number of rotatable bonds is 12. The third-order valence-corrected chi connectivity index (χ3v) is 6.12. The van der Waals surface area contributed by atoms with E-state index in [-0.39, 0.29) is 0 Å². The van der Waals surface area contributed by atoms with Crippen LogP contribution in [0.4, 0.5) is 0 Å². The molecule has 0 bridgehead atoms. The predicted octanol–water partition coefficient (Wildman–Crippen LogP) is -1.12. The normalized spacial score (nSPS) is 30.8. The first-order valence-corrected chi connectivity index (χ1v) is 13.3. The summed E-state index contributed by atoms with van der Waals surface area (Å²) in [5.74, 6) is -6.37. The van der Waals surface area contributed by atoms with Crippen molar-refractivity contribution in [2.45, 2.75) is 103 Å². The number of amides is 1. The Labute approximate surface area is 255 Å². The van der Waals surface area contributed by atoms with Crippen molar-refractivity contribution in [3.63, 3.8) is 0 Å². The molecule has 2 aliphatic heterocycles. The molecule has 2 saturated heterocycles. The molecule has 0 aromatic carbocycles. The maximum Gasteiger partial charge on any atom is 0.303 e. The molecule has 0 saturated carbocycles. The van der Waals surface area contributed by atoms with Crippen molar-refractivity contribution in [1.82, 2.24) is 0 Å². The van der Waals surface area contributed by atoms with Crippen LogP contribution in [0.25, 0.3) is 10.4 Å². The number of azide groups is 1. The summed E-state index contributed by atoms with van der Waals surface area (Å²) < 4.78 is 49.2. The van der Waals surface area contributed by atoms with Gasteiger partial charge < -0.3 is 48.4 Å². The number of esters is 6. The molecule has 0 aliphatic carbocycles. The zero-order valence-corrected chi connectivity index (χ0v) is 25.1. The second kappa shape index (κ2) is 16.5. The van der Waals surface area contributed by atoms with Crippen molar-refractivity contribution in [2.24, 2.45) is 10.8 Å². The minimum absolute atomic E-state index is 0.589. The highest BCUT2D eigenvalue weighted by Crippen LogP contribution is 2.35. The Kier molecular flexibility index (Phi) is 13.5. The van der Waals surface area contributed by atoms with E-state index in [0.29, 0.717) is 0 Å². The molecule has 45 heavy (non-hydrogen) atoms. The Morgan fingerprint density at radius 2 is 1.09 bits per heavy atom. The summed E-state index contributed by atoms with van der Waals surface area (Å²) in [7, 11) is 0. The van der Waals surface area contributed by atoms with Gasteiger partial charge in [0, 0.05) is 46.5 Å². The van der Waals surface area contributed by atoms with Gasteiger partial charge in [-0.3, -0.25) is 33.6 Å². The summed E-state index contributed by atoms with van der Waals surface area (Å²) in [5, 5.41) is 3.50. The molecule has 0 aromatic rings. The molecule has 0 radical (unpaired) electrons. The molecular weight excluding hydrogens is 612 g/mol. The van der Waals surface area contributed by atoms with Gasteiger partial charge in [0.25, 0.3) is 0 Å². The number of nitrogens with zero attached hydrogens (tertiary/aromatic N) is 3. The van der Waals surface area contributed by atoms with E-state index in [1.165, 1.54) is 0 Å². The van der Waals surface area contributed by atoms with Gasteiger partial charge in [-0.15, -0.1) is 0 Å². The number of carbonyl (C=O) groups excluding carboxylic acids is 7. The van der Waals surface area contributed by atoms with Crippen molar-refractivity contribution < 1.29 is 76.2 Å². The summed E-state index contributed by atoms with van der Waals surface area (Å²) in [6.07, 6.45) is -14.6. The smallest absolute Gasteiger partial charge is 0.303 e. The molecule has 250 valence electrons. The summed E-state index contributed by atoms with van der Waals surface area (Å²) in [6.45, 7) is 4.96. The molecule has 2 aliphatic rings. The minimum atomic E-state index is -1.83. The zero-order valence-electron chi connectivity index (χ0n) is 25.1. The standard InChI is InChI=1S/C25H34N4O16/c1-9(30)37-7-15-18(20(40-12(4)33)17(28-29-27)21(43-15)24(26)36)45-25-23(42-14(6)35)22(41-13(5)34)19(39-11(3)32)16(44-25)8-38-10(2)31/h15-23,25H,7-8H2,1-6H3,(H2,26,36)/t15-,16-,17-,18-,19+,20-,21+,22+,23-,25+/m1/s1. The summed E-state index contributed by atoms with van der Waals surface area (Å²) in [4.78, 5) is 86.8. The average Bonchev–Trinajstić information content (AvgIpc) is 2.90. The maximum atomic E-state index is 12.3.